The maximum atomic E-state index is 12.2. The standard InChI is InChI=1S/C15H23IN2O2/c1-4-20-15(8-6-5-7-9-15)14-17-12(10(2)3)11(16)13(19)18-14/h10H,4-9H2,1-3H3,(H,17,18,19). The van der Waals surface area contributed by atoms with E-state index in [1.54, 1.807) is 0 Å². The van der Waals surface area contributed by atoms with Crippen molar-refractivity contribution in [1.29, 1.82) is 0 Å². The summed E-state index contributed by atoms with van der Waals surface area (Å²) >= 11 is 2.09. The molecular formula is C15H23IN2O2. The number of nitrogens with one attached hydrogen (secondary N) is 1. The van der Waals surface area contributed by atoms with E-state index < -0.39 is 0 Å². The van der Waals surface area contributed by atoms with Gasteiger partial charge in [-0.25, -0.2) is 4.98 Å². The molecule has 0 atom stereocenters. The number of hydrogen-bond acceptors (Lipinski definition) is 3. The lowest BCUT2D eigenvalue weighted by Gasteiger charge is -2.36. The molecule has 0 spiro atoms. The van der Waals surface area contributed by atoms with Gasteiger partial charge >= 0.3 is 0 Å². The number of rotatable bonds is 4. The zero-order valence-electron chi connectivity index (χ0n) is 12.5. The Morgan fingerprint density at radius 1 is 1.35 bits per heavy atom. The number of aromatic nitrogens is 2. The number of nitrogens with zero attached hydrogens (tertiary/aromatic N) is 1. The van der Waals surface area contributed by atoms with Crippen molar-refractivity contribution in [2.24, 2.45) is 0 Å². The van der Waals surface area contributed by atoms with Crippen molar-refractivity contribution in [3.63, 3.8) is 0 Å². The molecule has 0 aromatic carbocycles. The van der Waals surface area contributed by atoms with E-state index in [1.165, 1.54) is 6.42 Å². The maximum absolute atomic E-state index is 12.2. The quantitative estimate of drug-likeness (QED) is 0.798. The van der Waals surface area contributed by atoms with E-state index in [-0.39, 0.29) is 17.1 Å². The van der Waals surface area contributed by atoms with E-state index >= 15 is 0 Å². The molecule has 112 valence electrons. The van der Waals surface area contributed by atoms with Gasteiger partial charge in [-0.05, 0) is 48.3 Å². The molecule has 5 heteroatoms. The van der Waals surface area contributed by atoms with Gasteiger partial charge in [0.25, 0.3) is 5.56 Å². The van der Waals surface area contributed by atoms with Gasteiger partial charge < -0.3 is 9.72 Å². The van der Waals surface area contributed by atoms with Gasteiger partial charge in [-0.3, -0.25) is 4.79 Å². The molecule has 0 unspecified atom stereocenters. The Balaban J connectivity index is 2.51. The van der Waals surface area contributed by atoms with E-state index in [0.717, 1.165) is 37.2 Å². The van der Waals surface area contributed by atoms with Gasteiger partial charge in [-0.15, -0.1) is 0 Å². The van der Waals surface area contributed by atoms with Crippen LogP contribution in [0, 0.1) is 3.57 Å². The highest BCUT2D eigenvalue weighted by Gasteiger charge is 2.37. The van der Waals surface area contributed by atoms with E-state index in [1.807, 2.05) is 6.92 Å². The second-order valence-electron chi connectivity index (χ2n) is 5.76. The molecule has 1 fully saturated rings. The van der Waals surface area contributed by atoms with Crippen molar-refractivity contribution < 1.29 is 4.74 Å². The largest absolute Gasteiger partial charge is 0.367 e. The summed E-state index contributed by atoms with van der Waals surface area (Å²) in [6.07, 6.45) is 5.39. The van der Waals surface area contributed by atoms with Gasteiger partial charge in [0, 0.05) is 6.61 Å². The van der Waals surface area contributed by atoms with Gasteiger partial charge in [0.05, 0.1) is 9.26 Å². The highest BCUT2D eigenvalue weighted by molar-refractivity contribution is 14.1. The molecule has 0 saturated heterocycles. The van der Waals surface area contributed by atoms with Crippen LogP contribution in [0.4, 0.5) is 0 Å². The molecule has 1 N–H and O–H groups in total. The van der Waals surface area contributed by atoms with Gasteiger partial charge in [0.15, 0.2) is 0 Å². The summed E-state index contributed by atoms with van der Waals surface area (Å²) in [5.41, 5.74) is 0.457. The average molecular weight is 390 g/mol. The Morgan fingerprint density at radius 3 is 2.55 bits per heavy atom. The Kier molecular flexibility index (Phi) is 5.23. The summed E-state index contributed by atoms with van der Waals surface area (Å²) in [5.74, 6) is 0.971. The summed E-state index contributed by atoms with van der Waals surface area (Å²) in [5, 5.41) is 0. The topological polar surface area (TPSA) is 55.0 Å². The fourth-order valence-corrected chi connectivity index (χ4v) is 3.80. The molecule has 0 amide bonds. The minimum atomic E-state index is -0.389. The molecule has 1 aliphatic rings. The van der Waals surface area contributed by atoms with Crippen LogP contribution in [-0.2, 0) is 10.3 Å². The zero-order valence-corrected chi connectivity index (χ0v) is 14.6. The van der Waals surface area contributed by atoms with Crippen molar-refractivity contribution in [3.8, 4) is 0 Å². The molecule has 1 aromatic rings. The van der Waals surface area contributed by atoms with Crippen molar-refractivity contribution in [2.45, 2.75) is 64.4 Å². The third kappa shape index (κ3) is 3.08. The van der Waals surface area contributed by atoms with E-state index in [2.05, 4.69) is 41.4 Å². The first-order valence-corrected chi connectivity index (χ1v) is 8.52. The molecule has 1 saturated carbocycles. The average Bonchev–Trinajstić information content (AvgIpc) is 2.42. The van der Waals surface area contributed by atoms with Crippen LogP contribution in [-0.4, -0.2) is 16.6 Å². The maximum Gasteiger partial charge on any atom is 0.264 e. The second-order valence-corrected chi connectivity index (χ2v) is 6.84. The molecule has 0 radical (unpaired) electrons. The lowest BCUT2D eigenvalue weighted by atomic mass is 9.83. The summed E-state index contributed by atoms with van der Waals surface area (Å²) in [6.45, 7) is 6.79. The Morgan fingerprint density at radius 2 is 2.00 bits per heavy atom. The van der Waals surface area contributed by atoms with Crippen LogP contribution in [0.1, 0.15) is 70.3 Å². The molecule has 0 aliphatic heterocycles. The lowest BCUT2D eigenvalue weighted by molar-refractivity contribution is -0.0770. The van der Waals surface area contributed by atoms with E-state index in [4.69, 9.17) is 9.72 Å². The van der Waals surface area contributed by atoms with Crippen LogP contribution in [0.2, 0.25) is 0 Å². The molecule has 1 aliphatic carbocycles. The highest BCUT2D eigenvalue weighted by Crippen LogP contribution is 2.39. The highest BCUT2D eigenvalue weighted by atomic mass is 127. The molecule has 2 rings (SSSR count). The summed E-state index contributed by atoms with van der Waals surface area (Å²) in [4.78, 5) is 19.9. The van der Waals surface area contributed by atoms with Gasteiger partial charge in [0.1, 0.15) is 11.4 Å². The number of aromatic amines is 1. The van der Waals surface area contributed by atoms with Crippen LogP contribution in [0.3, 0.4) is 0 Å². The first-order valence-electron chi connectivity index (χ1n) is 7.44. The summed E-state index contributed by atoms with van der Waals surface area (Å²) in [6, 6.07) is 0. The van der Waals surface area contributed by atoms with Crippen LogP contribution < -0.4 is 5.56 Å². The fourth-order valence-electron chi connectivity index (χ4n) is 2.92. The van der Waals surface area contributed by atoms with E-state index in [0.29, 0.717) is 10.2 Å². The summed E-state index contributed by atoms with van der Waals surface area (Å²) in [7, 11) is 0. The fraction of sp³-hybridized carbons (Fsp3) is 0.733. The molecule has 1 aromatic heterocycles. The van der Waals surface area contributed by atoms with Crippen LogP contribution in [0.25, 0.3) is 0 Å². The second kappa shape index (κ2) is 6.56. The summed E-state index contributed by atoms with van der Waals surface area (Å²) < 4.78 is 6.75. The molecule has 4 nitrogen and oxygen atoms in total. The number of H-pyrrole nitrogens is 1. The van der Waals surface area contributed by atoms with Crippen LogP contribution >= 0.6 is 22.6 Å². The normalized spacial score (nSPS) is 18.4. The monoisotopic (exact) mass is 390 g/mol. The first-order chi connectivity index (χ1) is 9.50. The van der Waals surface area contributed by atoms with Crippen LogP contribution in [0.5, 0.6) is 0 Å². The first kappa shape index (κ1) is 15.9. The zero-order chi connectivity index (χ0) is 14.8. The number of ether oxygens (including phenoxy) is 1. The van der Waals surface area contributed by atoms with Crippen LogP contribution in [0.15, 0.2) is 4.79 Å². The van der Waals surface area contributed by atoms with Crippen molar-refractivity contribution in [2.75, 3.05) is 6.61 Å². The molecule has 0 bridgehead atoms. The number of halogens is 1. The van der Waals surface area contributed by atoms with Crippen molar-refractivity contribution in [3.05, 3.63) is 25.4 Å². The Bertz CT molecular complexity index is 514. The van der Waals surface area contributed by atoms with Gasteiger partial charge in [0.2, 0.25) is 0 Å². The van der Waals surface area contributed by atoms with Crippen molar-refractivity contribution in [1.82, 2.24) is 9.97 Å². The Labute approximate surface area is 133 Å². The third-order valence-electron chi connectivity index (χ3n) is 3.95. The van der Waals surface area contributed by atoms with Crippen molar-refractivity contribution >= 4 is 22.6 Å². The predicted molar refractivity (Wildman–Crippen MR) is 88.1 cm³/mol. The third-order valence-corrected chi connectivity index (χ3v) is 4.99. The SMILES string of the molecule is CCOC1(c2nc(C(C)C)c(I)c(=O)[nH]2)CCCCC1. The minimum absolute atomic E-state index is 0.0380. The molecular weight excluding hydrogens is 367 g/mol. The lowest BCUT2D eigenvalue weighted by Crippen LogP contribution is -2.37. The number of hydrogen-bond donors (Lipinski definition) is 1. The molecule has 1 heterocycles. The Hall–Kier alpha value is -0.430. The van der Waals surface area contributed by atoms with Gasteiger partial charge in [-0.2, -0.15) is 0 Å². The van der Waals surface area contributed by atoms with E-state index in [9.17, 15) is 4.79 Å². The smallest absolute Gasteiger partial charge is 0.264 e. The minimum Gasteiger partial charge on any atom is -0.367 e. The molecule has 20 heavy (non-hydrogen) atoms. The van der Waals surface area contributed by atoms with Gasteiger partial charge in [-0.1, -0.05) is 33.1 Å². The predicted octanol–water partition coefficient (Wildman–Crippen LogP) is 3.69.